The highest BCUT2D eigenvalue weighted by Gasteiger charge is 2.44. The van der Waals surface area contributed by atoms with Crippen molar-refractivity contribution in [3.63, 3.8) is 0 Å². The minimum Gasteiger partial charge on any atom is -0.444 e. The lowest BCUT2D eigenvalue weighted by Gasteiger charge is -2.36. The highest BCUT2D eigenvalue weighted by molar-refractivity contribution is 6.01. The summed E-state index contributed by atoms with van der Waals surface area (Å²) in [4.78, 5) is 70.6. The third kappa shape index (κ3) is 10.7. The molecule has 3 aromatic carbocycles. The second kappa shape index (κ2) is 18.5. The quantitative estimate of drug-likeness (QED) is 0.171. The lowest BCUT2D eigenvalue weighted by atomic mass is 9.90. The Morgan fingerprint density at radius 1 is 0.946 bits per heavy atom. The van der Waals surface area contributed by atoms with Gasteiger partial charge in [-0.25, -0.2) is 13.6 Å². The van der Waals surface area contributed by atoms with Gasteiger partial charge in [-0.3, -0.25) is 24.1 Å². The van der Waals surface area contributed by atoms with Gasteiger partial charge in [0.2, 0.25) is 17.7 Å². The molecule has 0 radical (unpaired) electrons. The molecule has 0 bridgehead atoms. The summed E-state index contributed by atoms with van der Waals surface area (Å²) in [5, 5.41) is 11.3. The predicted octanol–water partition coefficient (Wildman–Crippen LogP) is 5.27. The molecule has 2 heterocycles. The Balaban J connectivity index is 1.38. The first kappa shape index (κ1) is 41.7. The summed E-state index contributed by atoms with van der Waals surface area (Å²) in [5.74, 6) is -4.77. The van der Waals surface area contributed by atoms with Crippen LogP contribution in [0.1, 0.15) is 69.7 Å². The molecule has 3 atom stereocenters. The van der Waals surface area contributed by atoms with Crippen molar-refractivity contribution < 1.29 is 42.2 Å². The second-order valence-corrected chi connectivity index (χ2v) is 15.0. The number of carbonyl (C=O) groups excluding carboxylic acids is 5. The van der Waals surface area contributed by atoms with Gasteiger partial charge < -0.3 is 35.6 Å². The molecule has 1 fully saturated rings. The summed E-state index contributed by atoms with van der Waals surface area (Å²) in [6, 6.07) is 14.2. The van der Waals surface area contributed by atoms with E-state index in [0.29, 0.717) is 56.0 Å². The molecule has 15 heteroatoms. The van der Waals surface area contributed by atoms with E-state index in [4.69, 9.17) is 9.47 Å². The van der Waals surface area contributed by atoms with Crippen LogP contribution >= 0.6 is 0 Å². The molecule has 13 nitrogen and oxygen atoms in total. The molecule has 0 saturated carbocycles. The number of ether oxygens (including phenoxy) is 2. The Bertz CT molecular complexity index is 1880. The molecule has 2 aliphatic heterocycles. The number of hydrogen-bond donors (Lipinski definition) is 4. The molecule has 0 spiro atoms. The van der Waals surface area contributed by atoms with Gasteiger partial charge in [-0.1, -0.05) is 42.5 Å². The Morgan fingerprint density at radius 2 is 1.62 bits per heavy atom. The summed E-state index contributed by atoms with van der Waals surface area (Å²) in [5.41, 5.74) is 0.933. The van der Waals surface area contributed by atoms with Crippen LogP contribution in [-0.4, -0.2) is 84.0 Å². The smallest absolute Gasteiger partial charge is 0.410 e. The SMILES string of the molecule is CC(C(=O)NC(C(=O)N1Cc2cc(NC(=O)CCNCc3ccccc3)ccc2[C@H]1C(=O)Nc1c(F)cccc1F)C1CCOCC1)N(C)C(=O)OC(C)(C)C. The van der Waals surface area contributed by atoms with Gasteiger partial charge in [-0.2, -0.15) is 0 Å². The van der Waals surface area contributed by atoms with Crippen molar-refractivity contribution in [2.75, 3.05) is 37.4 Å². The average molecular weight is 777 g/mol. The first-order valence-electron chi connectivity index (χ1n) is 18.7. The van der Waals surface area contributed by atoms with Gasteiger partial charge >= 0.3 is 6.09 Å². The average Bonchev–Trinajstić information content (AvgIpc) is 3.55. The van der Waals surface area contributed by atoms with Gasteiger partial charge in [0, 0.05) is 52.0 Å². The highest BCUT2D eigenvalue weighted by Crippen LogP contribution is 2.38. The third-order valence-electron chi connectivity index (χ3n) is 9.76. The van der Waals surface area contributed by atoms with E-state index < -0.39 is 70.8 Å². The van der Waals surface area contributed by atoms with E-state index in [2.05, 4.69) is 21.3 Å². The first-order chi connectivity index (χ1) is 26.6. The Hall–Kier alpha value is -5.41. The molecule has 5 rings (SSSR count). The van der Waals surface area contributed by atoms with E-state index in [-0.39, 0.29) is 18.9 Å². The fourth-order valence-corrected chi connectivity index (χ4v) is 6.63. The molecule has 300 valence electrons. The van der Waals surface area contributed by atoms with Crippen LogP contribution in [0.2, 0.25) is 0 Å². The molecule has 0 aliphatic carbocycles. The van der Waals surface area contributed by atoms with Gasteiger partial charge in [0.25, 0.3) is 5.91 Å². The minimum atomic E-state index is -1.36. The number of nitrogens with zero attached hydrogens (tertiary/aromatic N) is 2. The fourth-order valence-electron chi connectivity index (χ4n) is 6.63. The zero-order valence-electron chi connectivity index (χ0n) is 32.3. The number of anilines is 2. The van der Waals surface area contributed by atoms with E-state index in [1.54, 1.807) is 39.0 Å². The van der Waals surface area contributed by atoms with Gasteiger partial charge in [-0.15, -0.1) is 0 Å². The summed E-state index contributed by atoms with van der Waals surface area (Å²) >= 11 is 0. The number of para-hydroxylation sites is 1. The summed E-state index contributed by atoms with van der Waals surface area (Å²) in [7, 11) is 1.42. The molecule has 1 saturated heterocycles. The van der Waals surface area contributed by atoms with E-state index in [9.17, 15) is 32.8 Å². The Kier molecular flexibility index (Phi) is 13.8. The van der Waals surface area contributed by atoms with Crippen LogP contribution in [0, 0.1) is 17.6 Å². The van der Waals surface area contributed by atoms with Crippen LogP contribution in [0.3, 0.4) is 0 Å². The first-order valence-corrected chi connectivity index (χ1v) is 18.7. The zero-order chi connectivity index (χ0) is 40.6. The third-order valence-corrected chi connectivity index (χ3v) is 9.76. The van der Waals surface area contributed by atoms with Gasteiger partial charge in [-0.05, 0) is 87.4 Å². The number of hydrogen-bond acceptors (Lipinski definition) is 8. The van der Waals surface area contributed by atoms with Crippen molar-refractivity contribution in [1.29, 1.82) is 0 Å². The van der Waals surface area contributed by atoms with Crippen molar-refractivity contribution in [3.05, 3.63) is 95.1 Å². The van der Waals surface area contributed by atoms with E-state index >= 15 is 0 Å². The van der Waals surface area contributed by atoms with E-state index in [0.717, 1.165) is 22.6 Å². The number of fused-ring (bicyclic) bond motifs is 1. The van der Waals surface area contributed by atoms with Gasteiger partial charge in [0.1, 0.15) is 41.0 Å². The molecular formula is C41H50F2N6O7. The molecule has 0 aromatic heterocycles. The summed E-state index contributed by atoms with van der Waals surface area (Å²) in [6.45, 7) is 8.19. The molecule has 2 unspecified atom stereocenters. The molecule has 56 heavy (non-hydrogen) atoms. The van der Waals surface area contributed by atoms with Crippen molar-refractivity contribution in [2.45, 2.75) is 83.8 Å². The normalized spacial score (nSPS) is 16.6. The highest BCUT2D eigenvalue weighted by atomic mass is 19.1. The summed E-state index contributed by atoms with van der Waals surface area (Å²) < 4.78 is 40.5. The van der Waals surface area contributed by atoms with Crippen molar-refractivity contribution in [3.8, 4) is 0 Å². The number of likely N-dealkylation sites (N-methyl/N-ethyl adjacent to an activating group) is 1. The van der Waals surface area contributed by atoms with Crippen LogP contribution in [0.15, 0.2) is 66.7 Å². The van der Waals surface area contributed by atoms with Crippen molar-refractivity contribution >= 4 is 41.1 Å². The largest absolute Gasteiger partial charge is 0.444 e. The summed E-state index contributed by atoms with van der Waals surface area (Å²) in [6.07, 6.45) is 0.289. The number of carbonyl (C=O) groups is 5. The van der Waals surface area contributed by atoms with Gasteiger partial charge in [0.05, 0.1) is 0 Å². The second-order valence-electron chi connectivity index (χ2n) is 15.0. The molecule has 4 N–H and O–H groups in total. The number of benzene rings is 3. The maximum Gasteiger partial charge on any atom is 0.410 e. The zero-order valence-corrected chi connectivity index (χ0v) is 32.3. The topological polar surface area (TPSA) is 158 Å². The van der Waals surface area contributed by atoms with Crippen LogP contribution < -0.4 is 21.3 Å². The molecular weight excluding hydrogens is 726 g/mol. The van der Waals surface area contributed by atoms with Crippen LogP contribution in [-0.2, 0) is 41.7 Å². The monoisotopic (exact) mass is 776 g/mol. The van der Waals surface area contributed by atoms with Crippen LogP contribution in [0.4, 0.5) is 25.0 Å². The number of nitrogens with one attached hydrogen (secondary N) is 4. The number of rotatable bonds is 13. The molecule has 2 aliphatic rings. The van der Waals surface area contributed by atoms with E-state index in [1.807, 2.05) is 30.3 Å². The van der Waals surface area contributed by atoms with Crippen molar-refractivity contribution in [2.24, 2.45) is 5.92 Å². The maximum atomic E-state index is 14.7. The number of halogens is 2. The maximum absolute atomic E-state index is 14.7. The standard InChI is InChI=1S/C41H50F2N6O7/c1-25(48(5)40(54)56-41(2,3)4)37(51)46-34(27-17-20-55-21-18-27)39(53)49-24-28-22-29(45-33(50)16-19-44-23-26-10-7-6-8-11-26)14-15-30(28)36(49)38(52)47-35-31(42)12-9-13-32(35)43/h6-15,22,25,27,34,36,44H,16-21,23-24H2,1-5H3,(H,45,50)(H,46,51)(H,47,52)/t25?,34?,36-/m0/s1. The fraction of sp³-hybridized carbons (Fsp3) is 0.439. The van der Waals surface area contributed by atoms with Crippen molar-refractivity contribution in [1.82, 2.24) is 20.4 Å². The van der Waals surface area contributed by atoms with Crippen LogP contribution in [0.25, 0.3) is 0 Å². The molecule has 3 aromatic rings. The number of amides is 5. The Labute approximate surface area is 325 Å². The minimum absolute atomic E-state index is 0.114. The predicted molar refractivity (Wildman–Crippen MR) is 205 cm³/mol. The van der Waals surface area contributed by atoms with Crippen LogP contribution in [0.5, 0.6) is 0 Å². The molecule has 5 amide bonds. The van der Waals surface area contributed by atoms with E-state index in [1.165, 1.54) is 24.9 Å². The Morgan fingerprint density at radius 3 is 2.29 bits per heavy atom. The van der Waals surface area contributed by atoms with Gasteiger partial charge in [0.15, 0.2) is 0 Å². The lowest BCUT2D eigenvalue weighted by molar-refractivity contribution is -0.144. The lowest BCUT2D eigenvalue weighted by Crippen LogP contribution is -2.57.